The third kappa shape index (κ3) is 2.88. The summed E-state index contributed by atoms with van der Waals surface area (Å²) < 4.78 is 8.04. The van der Waals surface area contributed by atoms with Gasteiger partial charge in [0.05, 0.1) is 28.8 Å². The monoisotopic (exact) mass is 418 g/mol. The van der Waals surface area contributed by atoms with Gasteiger partial charge in [0.2, 0.25) is 0 Å². The minimum Gasteiger partial charge on any atom is -0.444 e. The van der Waals surface area contributed by atoms with Crippen LogP contribution in [0.15, 0.2) is 33.7 Å². The number of aromatic nitrogens is 3. The maximum atomic E-state index is 12.5. The summed E-state index contributed by atoms with van der Waals surface area (Å²) in [7, 11) is 0. The molecule has 3 heterocycles. The summed E-state index contributed by atoms with van der Waals surface area (Å²) in [5, 5.41) is 0.894. The van der Waals surface area contributed by atoms with Crippen molar-refractivity contribution >= 4 is 44.0 Å². The molecule has 1 fully saturated rings. The second-order valence-corrected chi connectivity index (χ2v) is 8.44. The molecule has 1 aliphatic rings. The van der Waals surface area contributed by atoms with Gasteiger partial charge in [0.15, 0.2) is 0 Å². The highest BCUT2D eigenvalue weighted by Gasteiger charge is 2.36. The molecule has 4 rings (SSSR count). The summed E-state index contributed by atoms with van der Waals surface area (Å²) in [5.41, 5.74) is 1.60. The second kappa shape index (κ2) is 5.84. The zero-order valence-corrected chi connectivity index (χ0v) is 16.3. The first-order chi connectivity index (χ1) is 12.2. The van der Waals surface area contributed by atoms with Crippen LogP contribution in [0.4, 0.5) is 4.79 Å². The Morgan fingerprint density at radius 2 is 2.08 bits per heavy atom. The number of pyridine rings is 1. The van der Waals surface area contributed by atoms with Crippen molar-refractivity contribution in [3.05, 3.63) is 39.4 Å². The molecule has 0 bridgehead atoms. The van der Waals surface area contributed by atoms with E-state index in [9.17, 15) is 9.59 Å². The first-order valence-corrected chi connectivity index (χ1v) is 9.18. The molecular formula is C18H19BrN4O3. The fourth-order valence-electron chi connectivity index (χ4n) is 3.22. The number of hydrogen-bond acceptors (Lipinski definition) is 4. The lowest BCUT2D eigenvalue weighted by Crippen LogP contribution is -2.53. The van der Waals surface area contributed by atoms with Gasteiger partial charge in [-0.3, -0.25) is 9.55 Å². The molecule has 1 amide bonds. The summed E-state index contributed by atoms with van der Waals surface area (Å²) in [5.74, 6) is 0. The Hall–Kier alpha value is -2.35. The number of halogens is 1. The van der Waals surface area contributed by atoms with E-state index < -0.39 is 5.60 Å². The molecule has 26 heavy (non-hydrogen) atoms. The molecule has 1 saturated heterocycles. The van der Waals surface area contributed by atoms with Crippen LogP contribution in [-0.4, -0.2) is 44.2 Å². The molecule has 0 atom stereocenters. The molecule has 1 aliphatic heterocycles. The topological polar surface area (TPSA) is 80.2 Å². The van der Waals surface area contributed by atoms with Crippen LogP contribution in [0.2, 0.25) is 0 Å². The highest BCUT2D eigenvalue weighted by atomic mass is 79.9. The Morgan fingerprint density at radius 3 is 2.77 bits per heavy atom. The molecule has 3 aromatic rings. The molecule has 7 nitrogen and oxygen atoms in total. The molecule has 0 saturated carbocycles. The van der Waals surface area contributed by atoms with E-state index in [0.29, 0.717) is 18.6 Å². The van der Waals surface area contributed by atoms with Crippen molar-refractivity contribution in [3.8, 4) is 0 Å². The van der Waals surface area contributed by atoms with Crippen LogP contribution < -0.4 is 5.69 Å². The van der Waals surface area contributed by atoms with Gasteiger partial charge < -0.3 is 14.6 Å². The molecule has 0 unspecified atom stereocenters. The van der Waals surface area contributed by atoms with Crippen LogP contribution in [0.5, 0.6) is 0 Å². The largest absolute Gasteiger partial charge is 0.444 e. The van der Waals surface area contributed by atoms with Crippen LogP contribution >= 0.6 is 15.9 Å². The van der Waals surface area contributed by atoms with E-state index in [2.05, 4.69) is 25.9 Å². The molecule has 136 valence electrons. The summed E-state index contributed by atoms with van der Waals surface area (Å²) in [4.78, 5) is 33.6. The highest BCUT2D eigenvalue weighted by Crippen LogP contribution is 2.30. The van der Waals surface area contributed by atoms with Gasteiger partial charge in [0, 0.05) is 22.9 Å². The Balaban J connectivity index is 1.70. The number of nitrogens with one attached hydrogen (secondary N) is 1. The second-order valence-electron chi connectivity index (χ2n) is 7.52. The molecular weight excluding hydrogens is 400 g/mol. The summed E-state index contributed by atoms with van der Waals surface area (Å²) in [6.07, 6.45) is 1.32. The highest BCUT2D eigenvalue weighted by molar-refractivity contribution is 9.10. The number of carbonyl (C=O) groups excluding carboxylic acids is 1. The number of carbonyl (C=O) groups is 1. The molecule has 1 N–H and O–H groups in total. The number of aromatic amines is 1. The molecule has 0 spiro atoms. The average Bonchev–Trinajstić information content (AvgIpc) is 2.81. The van der Waals surface area contributed by atoms with Crippen molar-refractivity contribution in [1.29, 1.82) is 0 Å². The van der Waals surface area contributed by atoms with Crippen LogP contribution in [0.1, 0.15) is 26.8 Å². The predicted octanol–water partition coefficient (Wildman–Crippen LogP) is 3.43. The van der Waals surface area contributed by atoms with Gasteiger partial charge in [0.25, 0.3) is 0 Å². The van der Waals surface area contributed by atoms with Crippen molar-refractivity contribution in [3.63, 3.8) is 0 Å². The number of likely N-dealkylation sites (tertiary alicyclic amines) is 1. The number of amides is 1. The van der Waals surface area contributed by atoms with E-state index in [4.69, 9.17) is 4.74 Å². The number of imidazole rings is 1. The maximum Gasteiger partial charge on any atom is 0.410 e. The molecule has 0 aliphatic carbocycles. The molecule has 8 heteroatoms. The Bertz CT molecular complexity index is 1070. The fraction of sp³-hybridized carbons (Fsp3) is 0.389. The standard InChI is InChI=1S/C18H19BrN4O3/c1-18(2,3)26-17(25)22-8-11(9-22)23-15-12-6-10(19)4-5-13(12)20-7-14(15)21-16(23)24/h4-7,11H,8-9H2,1-3H3,(H,21,24). The maximum absolute atomic E-state index is 12.5. The normalized spacial score (nSPS) is 15.5. The Kier molecular flexibility index (Phi) is 3.83. The van der Waals surface area contributed by atoms with Crippen molar-refractivity contribution in [2.75, 3.05) is 13.1 Å². The van der Waals surface area contributed by atoms with Crippen LogP contribution in [0.3, 0.4) is 0 Å². The first kappa shape index (κ1) is 17.1. The van der Waals surface area contributed by atoms with Crippen LogP contribution in [-0.2, 0) is 4.74 Å². The van der Waals surface area contributed by atoms with E-state index >= 15 is 0 Å². The quantitative estimate of drug-likeness (QED) is 0.656. The van der Waals surface area contributed by atoms with E-state index in [-0.39, 0.29) is 17.8 Å². The lowest BCUT2D eigenvalue weighted by Gasteiger charge is -2.40. The van der Waals surface area contributed by atoms with E-state index in [0.717, 1.165) is 20.9 Å². The molecule has 0 radical (unpaired) electrons. The van der Waals surface area contributed by atoms with Gasteiger partial charge in [-0.2, -0.15) is 0 Å². The number of ether oxygens (including phenoxy) is 1. The smallest absolute Gasteiger partial charge is 0.410 e. The van der Waals surface area contributed by atoms with Gasteiger partial charge in [-0.15, -0.1) is 0 Å². The zero-order valence-electron chi connectivity index (χ0n) is 14.7. The molecule has 2 aromatic heterocycles. The van der Waals surface area contributed by atoms with Gasteiger partial charge >= 0.3 is 11.8 Å². The van der Waals surface area contributed by atoms with E-state index in [1.807, 2.05) is 39.0 Å². The molecule has 1 aromatic carbocycles. The summed E-state index contributed by atoms with van der Waals surface area (Å²) in [6, 6.07) is 5.70. The van der Waals surface area contributed by atoms with Gasteiger partial charge in [0.1, 0.15) is 5.60 Å². The average molecular weight is 419 g/mol. The number of hydrogen-bond donors (Lipinski definition) is 1. The third-order valence-electron chi connectivity index (χ3n) is 4.38. The first-order valence-electron chi connectivity index (χ1n) is 8.39. The SMILES string of the molecule is CC(C)(C)OC(=O)N1CC(n2c(=O)[nH]c3cnc4ccc(Br)cc4c32)C1. The van der Waals surface area contributed by atoms with Gasteiger partial charge in [-0.05, 0) is 39.0 Å². The minimum atomic E-state index is -0.534. The lowest BCUT2D eigenvalue weighted by atomic mass is 10.1. The number of H-pyrrole nitrogens is 1. The Morgan fingerprint density at radius 1 is 1.35 bits per heavy atom. The minimum absolute atomic E-state index is 0.0895. The Labute approximate surface area is 158 Å². The number of nitrogens with zero attached hydrogens (tertiary/aromatic N) is 3. The van der Waals surface area contributed by atoms with Crippen molar-refractivity contribution in [2.24, 2.45) is 0 Å². The van der Waals surface area contributed by atoms with E-state index in [1.54, 1.807) is 15.7 Å². The van der Waals surface area contributed by atoms with Crippen molar-refractivity contribution in [1.82, 2.24) is 19.4 Å². The summed E-state index contributed by atoms with van der Waals surface area (Å²) >= 11 is 3.48. The number of fused-ring (bicyclic) bond motifs is 3. The lowest BCUT2D eigenvalue weighted by molar-refractivity contribution is 0.00119. The van der Waals surface area contributed by atoms with Crippen molar-refractivity contribution < 1.29 is 9.53 Å². The van der Waals surface area contributed by atoms with Gasteiger partial charge in [-0.1, -0.05) is 15.9 Å². The van der Waals surface area contributed by atoms with Gasteiger partial charge in [-0.25, -0.2) is 9.59 Å². The number of benzene rings is 1. The van der Waals surface area contributed by atoms with Crippen LogP contribution in [0, 0.1) is 0 Å². The predicted molar refractivity (Wildman–Crippen MR) is 102 cm³/mol. The summed E-state index contributed by atoms with van der Waals surface area (Å²) in [6.45, 7) is 6.40. The van der Waals surface area contributed by atoms with E-state index in [1.165, 1.54) is 0 Å². The fourth-order valence-corrected chi connectivity index (χ4v) is 3.58. The van der Waals surface area contributed by atoms with Crippen molar-refractivity contribution in [2.45, 2.75) is 32.4 Å². The third-order valence-corrected chi connectivity index (χ3v) is 4.88. The van der Waals surface area contributed by atoms with Crippen LogP contribution in [0.25, 0.3) is 21.9 Å². The number of rotatable bonds is 1. The zero-order chi connectivity index (χ0) is 18.6.